The number of carbonyl (C=O) groups is 1. The van der Waals surface area contributed by atoms with Gasteiger partial charge < -0.3 is 15.2 Å². The van der Waals surface area contributed by atoms with Gasteiger partial charge >= 0.3 is 18.3 Å². The van der Waals surface area contributed by atoms with Crippen molar-refractivity contribution in [3.8, 4) is 0 Å². The summed E-state index contributed by atoms with van der Waals surface area (Å²) < 4.78 is 82.3. The predicted molar refractivity (Wildman–Crippen MR) is 92.0 cm³/mol. The average molecular weight is 421 g/mol. The normalized spacial score (nSPS) is 13.7. The first-order valence-electron chi connectivity index (χ1n) is 8.25. The molecule has 4 nitrogen and oxygen atoms in total. The lowest BCUT2D eigenvalue weighted by Crippen LogP contribution is -2.53. The molecule has 0 fully saturated rings. The number of halogens is 6. The number of nitrogens with one attached hydrogen (secondary N) is 1. The monoisotopic (exact) mass is 421 g/mol. The molecule has 0 unspecified atom stereocenters. The lowest BCUT2D eigenvalue weighted by Gasteiger charge is -2.32. The van der Waals surface area contributed by atoms with Crippen LogP contribution >= 0.6 is 0 Å². The van der Waals surface area contributed by atoms with Gasteiger partial charge in [0.25, 0.3) is 5.60 Å². The van der Waals surface area contributed by atoms with Gasteiger partial charge in [0, 0.05) is 17.7 Å². The topological polar surface area (TPSA) is 58.6 Å². The highest BCUT2D eigenvalue weighted by molar-refractivity contribution is 5.79. The third kappa shape index (κ3) is 4.81. The van der Waals surface area contributed by atoms with Gasteiger partial charge in [0.2, 0.25) is 0 Å². The van der Waals surface area contributed by atoms with Crippen molar-refractivity contribution in [1.82, 2.24) is 0 Å². The Bertz CT molecular complexity index is 805. The number of aliphatic hydroxyl groups is 1. The van der Waals surface area contributed by atoms with Gasteiger partial charge in [-0.1, -0.05) is 42.5 Å². The summed E-state index contributed by atoms with van der Waals surface area (Å²) in [5.41, 5.74) is -5.56. The maximum absolute atomic E-state index is 12.9. The van der Waals surface area contributed by atoms with E-state index in [4.69, 9.17) is 0 Å². The van der Waals surface area contributed by atoms with Gasteiger partial charge in [-0.25, -0.2) is 4.79 Å². The van der Waals surface area contributed by atoms with Crippen LogP contribution in [0.5, 0.6) is 0 Å². The fourth-order valence-electron chi connectivity index (χ4n) is 2.68. The van der Waals surface area contributed by atoms with Crippen molar-refractivity contribution in [2.24, 2.45) is 0 Å². The maximum Gasteiger partial charge on any atom is 0.430 e. The lowest BCUT2D eigenvalue weighted by molar-refractivity contribution is -0.376. The Balaban J connectivity index is 2.28. The minimum absolute atomic E-state index is 0.0757. The highest BCUT2D eigenvalue weighted by atomic mass is 19.4. The van der Waals surface area contributed by atoms with E-state index < -0.39 is 35.5 Å². The van der Waals surface area contributed by atoms with Gasteiger partial charge in [-0.2, -0.15) is 26.3 Å². The van der Waals surface area contributed by atoms with Gasteiger partial charge in [-0.3, -0.25) is 0 Å². The molecular formula is C19H17F6NO3. The molecule has 0 bridgehead atoms. The summed E-state index contributed by atoms with van der Waals surface area (Å²) in [4.78, 5) is 12.0. The van der Waals surface area contributed by atoms with E-state index in [9.17, 15) is 36.2 Å². The van der Waals surface area contributed by atoms with Crippen LogP contribution in [0.3, 0.4) is 0 Å². The van der Waals surface area contributed by atoms with Crippen LogP contribution in [-0.4, -0.2) is 36.6 Å². The van der Waals surface area contributed by atoms with Gasteiger partial charge in [-0.15, -0.1) is 0 Å². The Morgan fingerprint density at radius 1 is 0.966 bits per heavy atom. The molecule has 0 saturated heterocycles. The molecule has 0 aliphatic heterocycles. The molecule has 158 valence electrons. The zero-order valence-electron chi connectivity index (χ0n) is 15.0. The Kier molecular flexibility index (Phi) is 6.46. The molecule has 10 heteroatoms. The number of methoxy groups -OCH3 is 1. The summed E-state index contributed by atoms with van der Waals surface area (Å²) in [6, 6.07) is 10.6. The molecule has 0 spiro atoms. The third-order valence-corrected chi connectivity index (χ3v) is 4.23. The third-order valence-electron chi connectivity index (χ3n) is 4.23. The Morgan fingerprint density at radius 2 is 1.48 bits per heavy atom. The average Bonchev–Trinajstić information content (AvgIpc) is 2.66. The minimum atomic E-state index is -5.97. The molecular weight excluding hydrogens is 404 g/mol. The van der Waals surface area contributed by atoms with Crippen LogP contribution in [0.15, 0.2) is 54.6 Å². The van der Waals surface area contributed by atoms with Crippen LogP contribution in [0, 0.1) is 0 Å². The van der Waals surface area contributed by atoms with Crippen molar-refractivity contribution in [1.29, 1.82) is 0 Å². The molecule has 0 amide bonds. The first-order chi connectivity index (χ1) is 13.4. The van der Waals surface area contributed by atoms with E-state index in [-0.39, 0.29) is 12.1 Å². The van der Waals surface area contributed by atoms with E-state index in [1.807, 2.05) is 0 Å². The van der Waals surface area contributed by atoms with Gasteiger partial charge in [0.15, 0.2) is 0 Å². The summed E-state index contributed by atoms with van der Waals surface area (Å²) in [6.07, 6.45) is -11.8. The SMILES string of the molecule is COC(=O)[C@H](Cc1ccccc1)Nc1ccc(C(O)(C(F)(F)F)C(F)(F)F)cc1. The Hall–Kier alpha value is -2.75. The molecule has 0 aliphatic rings. The van der Waals surface area contributed by atoms with E-state index in [1.54, 1.807) is 30.3 Å². The van der Waals surface area contributed by atoms with Crippen LogP contribution in [0.25, 0.3) is 0 Å². The quantitative estimate of drug-likeness (QED) is 0.543. The fourth-order valence-corrected chi connectivity index (χ4v) is 2.68. The lowest BCUT2D eigenvalue weighted by atomic mass is 9.92. The Morgan fingerprint density at radius 3 is 1.93 bits per heavy atom. The number of carbonyl (C=O) groups excluding carboxylic acids is 1. The molecule has 0 heterocycles. The summed E-state index contributed by atoms with van der Waals surface area (Å²) >= 11 is 0. The highest BCUT2D eigenvalue weighted by Gasteiger charge is 2.71. The van der Waals surface area contributed by atoms with Crippen LogP contribution in [0.4, 0.5) is 32.0 Å². The van der Waals surface area contributed by atoms with Gasteiger partial charge in [0.05, 0.1) is 7.11 Å². The van der Waals surface area contributed by atoms with E-state index in [0.29, 0.717) is 12.1 Å². The van der Waals surface area contributed by atoms with Crippen LogP contribution in [0.1, 0.15) is 11.1 Å². The summed E-state index contributed by atoms with van der Waals surface area (Å²) in [7, 11) is 1.15. The van der Waals surface area contributed by atoms with Crippen LogP contribution in [0.2, 0.25) is 0 Å². The van der Waals surface area contributed by atoms with Crippen molar-refractivity contribution in [2.45, 2.75) is 30.4 Å². The number of benzene rings is 2. The molecule has 0 radical (unpaired) electrons. The molecule has 0 aromatic heterocycles. The highest BCUT2D eigenvalue weighted by Crippen LogP contribution is 2.50. The van der Waals surface area contributed by atoms with Crippen molar-refractivity contribution >= 4 is 11.7 Å². The number of hydrogen-bond acceptors (Lipinski definition) is 4. The zero-order valence-corrected chi connectivity index (χ0v) is 15.0. The molecule has 2 rings (SSSR count). The van der Waals surface area contributed by atoms with Crippen molar-refractivity contribution in [3.05, 3.63) is 65.7 Å². The molecule has 0 saturated carbocycles. The van der Waals surface area contributed by atoms with Crippen LogP contribution in [-0.2, 0) is 21.6 Å². The maximum atomic E-state index is 12.9. The second-order valence-corrected chi connectivity index (χ2v) is 6.19. The molecule has 2 N–H and O–H groups in total. The van der Waals surface area contributed by atoms with Gasteiger partial charge in [-0.05, 0) is 17.7 Å². The summed E-state index contributed by atoms with van der Waals surface area (Å²) in [5.74, 6) is -0.667. The number of esters is 1. The van der Waals surface area contributed by atoms with Gasteiger partial charge in [0.1, 0.15) is 6.04 Å². The molecule has 29 heavy (non-hydrogen) atoms. The predicted octanol–water partition coefficient (Wildman–Crippen LogP) is 4.20. The first-order valence-corrected chi connectivity index (χ1v) is 8.25. The largest absolute Gasteiger partial charge is 0.467 e. The smallest absolute Gasteiger partial charge is 0.430 e. The van der Waals surface area contributed by atoms with E-state index >= 15 is 0 Å². The number of alkyl halides is 6. The zero-order chi connectivity index (χ0) is 21.9. The number of rotatable bonds is 6. The van der Waals surface area contributed by atoms with E-state index in [1.165, 1.54) is 0 Å². The second kappa shape index (κ2) is 8.32. The standard InChI is InChI=1S/C19H17F6NO3/c1-29-16(27)15(11-12-5-3-2-4-6-12)26-14-9-7-13(8-10-14)17(28,18(20,21)22)19(23,24)25/h2-10,15,26,28H,11H2,1H3/t15-/m0/s1. The number of hydrogen-bond donors (Lipinski definition) is 2. The van der Waals surface area contributed by atoms with Crippen molar-refractivity contribution < 1.29 is 41.0 Å². The molecule has 2 aromatic carbocycles. The summed E-state index contributed by atoms with van der Waals surface area (Å²) in [6.45, 7) is 0. The molecule has 1 atom stereocenters. The van der Waals surface area contributed by atoms with Crippen molar-refractivity contribution in [2.75, 3.05) is 12.4 Å². The van der Waals surface area contributed by atoms with Crippen LogP contribution < -0.4 is 5.32 Å². The minimum Gasteiger partial charge on any atom is -0.467 e. The van der Waals surface area contributed by atoms with E-state index in [0.717, 1.165) is 24.8 Å². The Labute approximate surface area is 162 Å². The van der Waals surface area contributed by atoms with Crippen molar-refractivity contribution in [3.63, 3.8) is 0 Å². The second-order valence-electron chi connectivity index (χ2n) is 6.19. The molecule has 2 aromatic rings. The fraction of sp³-hybridized carbons (Fsp3) is 0.316. The number of anilines is 1. The van der Waals surface area contributed by atoms with E-state index in [2.05, 4.69) is 10.1 Å². The summed E-state index contributed by atoms with van der Waals surface area (Å²) in [5, 5.41) is 12.1. The first kappa shape index (κ1) is 22.5. The number of ether oxygens (including phenoxy) is 1. The molecule has 0 aliphatic carbocycles.